The van der Waals surface area contributed by atoms with E-state index in [-0.39, 0.29) is 11.9 Å². The normalized spacial score (nSPS) is 18.2. The van der Waals surface area contributed by atoms with Gasteiger partial charge in [0.25, 0.3) is 0 Å². The van der Waals surface area contributed by atoms with Crippen LogP contribution in [0.4, 0.5) is 0 Å². The number of aromatic nitrogens is 2. The van der Waals surface area contributed by atoms with Crippen molar-refractivity contribution >= 4 is 5.91 Å². The van der Waals surface area contributed by atoms with Gasteiger partial charge in [-0.3, -0.25) is 4.79 Å². The van der Waals surface area contributed by atoms with Gasteiger partial charge in [-0.15, -0.1) is 0 Å². The molecule has 6 nitrogen and oxygen atoms in total. The number of morpholine rings is 1. The average molecular weight is 315 g/mol. The van der Waals surface area contributed by atoms with Crippen molar-refractivity contribution in [1.82, 2.24) is 14.7 Å². The van der Waals surface area contributed by atoms with E-state index in [4.69, 9.17) is 4.74 Å². The van der Waals surface area contributed by atoms with E-state index in [1.165, 1.54) is 0 Å². The summed E-state index contributed by atoms with van der Waals surface area (Å²) in [5, 5.41) is 13.9. The standard InChI is InChI=1S/C17H21N3O3/c1-12-17(15-11-23-9-8-19(15)16(22)10-21)13(2)20(18-12)14-6-4-3-5-7-14/h3-7,15,21H,8-11H2,1-2H3/t15-/m0/s1. The molecule has 0 aliphatic carbocycles. The topological polar surface area (TPSA) is 67.6 Å². The van der Waals surface area contributed by atoms with Crippen LogP contribution in [0, 0.1) is 13.8 Å². The predicted octanol–water partition coefficient (Wildman–Crippen LogP) is 1.38. The summed E-state index contributed by atoms with van der Waals surface area (Å²) < 4.78 is 7.46. The van der Waals surface area contributed by atoms with Gasteiger partial charge in [-0.2, -0.15) is 5.10 Å². The van der Waals surface area contributed by atoms with Gasteiger partial charge < -0.3 is 14.7 Å². The van der Waals surface area contributed by atoms with Crippen LogP contribution in [-0.4, -0.2) is 52.1 Å². The monoisotopic (exact) mass is 315 g/mol. The van der Waals surface area contributed by atoms with Crippen molar-refractivity contribution in [3.8, 4) is 5.69 Å². The Balaban J connectivity index is 2.02. The van der Waals surface area contributed by atoms with Gasteiger partial charge in [0.2, 0.25) is 5.91 Å². The molecular formula is C17H21N3O3. The molecule has 1 atom stereocenters. The van der Waals surface area contributed by atoms with Crippen LogP contribution in [0.25, 0.3) is 5.69 Å². The van der Waals surface area contributed by atoms with Crippen molar-refractivity contribution < 1.29 is 14.6 Å². The van der Waals surface area contributed by atoms with Gasteiger partial charge in [0.1, 0.15) is 6.61 Å². The van der Waals surface area contributed by atoms with Crippen LogP contribution in [0.2, 0.25) is 0 Å². The Morgan fingerprint density at radius 2 is 2.09 bits per heavy atom. The minimum absolute atomic E-state index is 0.208. The summed E-state index contributed by atoms with van der Waals surface area (Å²) in [6.45, 7) is 4.86. The van der Waals surface area contributed by atoms with Gasteiger partial charge in [0, 0.05) is 17.8 Å². The minimum atomic E-state index is -0.485. The third kappa shape index (κ3) is 2.87. The molecule has 1 aliphatic heterocycles. The molecule has 1 saturated heterocycles. The number of aliphatic hydroxyl groups excluding tert-OH is 1. The molecule has 0 saturated carbocycles. The molecule has 0 bridgehead atoms. The third-order valence-electron chi connectivity index (χ3n) is 4.27. The third-order valence-corrected chi connectivity index (χ3v) is 4.27. The molecule has 1 aromatic heterocycles. The zero-order valence-corrected chi connectivity index (χ0v) is 13.4. The summed E-state index contributed by atoms with van der Waals surface area (Å²) in [5.41, 5.74) is 3.84. The Morgan fingerprint density at radius 3 is 2.78 bits per heavy atom. The second-order valence-corrected chi connectivity index (χ2v) is 5.67. The van der Waals surface area contributed by atoms with E-state index in [1.807, 2.05) is 48.9 Å². The first-order chi connectivity index (χ1) is 11.1. The van der Waals surface area contributed by atoms with Crippen LogP contribution in [0.5, 0.6) is 0 Å². The molecular weight excluding hydrogens is 294 g/mol. The molecule has 1 amide bonds. The van der Waals surface area contributed by atoms with Crippen LogP contribution >= 0.6 is 0 Å². The number of carbonyl (C=O) groups is 1. The SMILES string of the molecule is Cc1nn(-c2ccccc2)c(C)c1[C@@H]1COCCN1C(=O)CO. The summed E-state index contributed by atoms with van der Waals surface area (Å²) in [6.07, 6.45) is 0. The van der Waals surface area contributed by atoms with Gasteiger partial charge in [0.05, 0.1) is 30.6 Å². The van der Waals surface area contributed by atoms with Crippen LogP contribution in [-0.2, 0) is 9.53 Å². The summed E-state index contributed by atoms with van der Waals surface area (Å²) in [4.78, 5) is 13.7. The number of ether oxygens (including phenoxy) is 1. The molecule has 122 valence electrons. The number of amides is 1. The van der Waals surface area contributed by atoms with Crippen molar-refractivity contribution in [2.75, 3.05) is 26.4 Å². The van der Waals surface area contributed by atoms with Crippen LogP contribution in [0.15, 0.2) is 30.3 Å². The van der Waals surface area contributed by atoms with Gasteiger partial charge in [0.15, 0.2) is 0 Å². The number of rotatable bonds is 3. The summed E-state index contributed by atoms with van der Waals surface area (Å²) in [7, 11) is 0. The molecule has 1 aromatic carbocycles. The quantitative estimate of drug-likeness (QED) is 0.929. The van der Waals surface area contributed by atoms with E-state index in [0.29, 0.717) is 19.8 Å². The fourth-order valence-electron chi connectivity index (χ4n) is 3.19. The second-order valence-electron chi connectivity index (χ2n) is 5.67. The van der Waals surface area contributed by atoms with Gasteiger partial charge in [-0.25, -0.2) is 4.68 Å². The molecule has 6 heteroatoms. The summed E-state index contributed by atoms with van der Waals surface area (Å²) in [6, 6.07) is 9.69. The van der Waals surface area contributed by atoms with E-state index in [9.17, 15) is 9.90 Å². The highest BCUT2D eigenvalue weighted by molar-refractivity contribution is 5.78. The Bertz CT molecular complexity index is 697. The van der Waals surface area contributed by atoms with Crippen molar-refractivity contribution in [3.63, 3.8) is 0 Å². The molecule has 1 aliphatic rings. The maximum Gasteiger partial charge on any atom is 0.248 e. The largest absolute Gasteiger partial charge is 0.387 e. The lowest BCUT2D eigenvalue weighted by atomic mass is 10.0. The van der Waals surface area contributed by atoms with E-state index in [1.54, 1.807) is 4.90 Å². The van der Waals surface area contributed by atoms with Gasteiger partial charge >= 0.3 is 0 Å². The zero-order valence-electron chi connectivity index (χ0n) is 13.4. The Kier molecular flexibility index (Phi) is 4.45. The lowest BCUT2D eigenvalue weighted by molar-refractivity contribution is -0.143. The first-order valence-electron chi connectivity index (χ1n) is 7.73. The van der Waals surface area contributed by atoms with Crippen molar-refractivity contribution in [3.05, 3.63) is 47.3 Å². The lowest BCUT2D eigenvalue weighted by Crippen LogP contribution is -2.45. The Hall–Kier alpha value is -2.18. The number of aliphatic hydroxyl groups is 1. The van der Waals surface area contributed by atoms with E-state index in [2.05, 4.69) is 5.10 Å². The maximum absolute atomic E-state index is 12.0. The lowest BCUT2D eigenvalue weighted by Gasteiger charge is -2.35. The van der Waals surface area contributed by atoms with Gasteiger partial charge in [-0.1, -0.05) is 18.2 Å². The molecule has 0 unspecified atom stereocenters. The number of hydrogen-bond donors (Lipinski definition) is 1. The molecule has 1 N–H and O–H groups in total. The van der Waals surface area contributed by atoms with Gasteiger partial charge in [-0.05, 0) is 26.0 Å². The average Bonchev–Trinajstić information content (AvgIpc) is 2.89. The smallest absolute Gasteiger partial charge is 0.248 e. The first kappa shape index (κ1) is 15.7. The highest BCUT2D eigenvalue weighted by Crippen LogP contribution is 2.30. The second kappa shape index (κ2) is 6.52. The van der Waals surface area contributed by atoms with Crippen LogP contribution in [0.3, 0.4) is 0 Å². The molecule has 0 radical (unpaired) electrons. The number of carbonyl (C=O) groups excluding carboxylic acids is 1. The minimum Gasteiger partial charge on any atom is -0.387 e. The Labute approximate surface area is 135 Å². The molecule has 1 fully saturated rings. The van der Waals surface area contributed by atoms with E-state index >= 15 is 0 Å². The highest BCUT2D eigenvalue weighted by Gasteiger charge is 2.32. The molecule has 0 spiro atoms. The number of hydrogen-bond acceptors (Lipinski definition) is 4. The number of para-hydroxylation sites is 1. The summed E-state index contributed by atoms with van der Waals surface area (Å²) >= 11 is 0. The Morgan fingerprint density at radius 1 is 1.35 bits per heavy atom. The molecule has 2 aromatic rings. The highest BCUT2D eigenvalue weighted by atomic mass is 16.5. The fourth-order valence-corrected chi connectivity index (χ4v) is 3.19. The van der Waals surface area contributed by atoms with Crippen molar-refractivity contribution in [2.24, 2.45) is 0 Å². The predicted molar refractivity (Wildman–Crippen MR) is 85.4 cm³/mol. The van der Waals surface area contributed by atoms with Crippen LogP contribution in [0.1, 0.15) is 23.0 Å². The fraction of sp³-hybridized carbons (Fsp3) is 0.412. The maximum atomic E-state index is 12.0. The summed E-state index contributed by atoms with van der Waals surface area (Å²) in [5.74, 6) is -0.274. The van der Waals surface area contributed by atoms with E-state index < -0.39 is 6.61 Å². The number of aryl methyl sites for hydroxylation is 1. The van der Waals surface area contributed by atoms with Crippen LogP contribution < -0.4 is 0 Å². The molecule has 3 rings (SSSR count). The molecule has 23 heavy (non-hydrogen) atoms. The first-order valence-corrected chi connectivity index (χ1v) is 7.73. The number of nitrogens with zero attached hydrogens (tertiary/aromatic N) is 3. The molecule has 2 heterocycles. The van der Waals surface area contributed by atoms with Crippen molar-refractivity contribution in [2.45, 2.75) is 19.9 Å². The number of benzene rings is 1. The van der Waals surface area contributed by atoms with E-state index in [0.717, 1.165) is 22.6 Å². The van der Waals surface area contributed by atoms with Crippen molar-refractivity contribution in [1.29, 1.82) is 0 Å². The zero-order chi connectivity index (χ0) is 16.4.